The molecule has 90 valence electrons. The van der Waals surface area contributed by atoms with Crippen LogP contribution in [0.15, 0.2) is 55.0 Å². The van der Waals surface area contributed by atoms with E-state index in [-0.39, 0.29) is 5.91 Å². The highest BCUT2D eigenvalue weighted by Gasteiger charge is 2.14. The van der Waals surface area contributed by atoms with Gasteiger partial charge >= 0.3 is 0 Å². The van der Waals surface area contributed by atoms with Crippen LogP contribution in [0.5, 0.6) is 0 Å². The molecule has 19 heavy (non-hydrogen) atoms. The van der Waals surface area contributed by atoms with Crippen LogP contribution in [0.4, 0.5) is 0 Å². The van der Waals surface area contributed by atoms with Crippen molar-refractivity contribution < 1.29 is 4.79 Å². The summed E-state index contributed by atoms with van der Waals surface area (Å²) in [6.45, 7) is 0. The van der Waals surface area contributed by atoms with E-state index in [1.165, 1.54) is 10.8 Å². The van der Waals surface area contributed by atoms with Crippen molar-refractivity contribution in [2.45, 2.75) is 0 Å². The Morgan fingerprint density at radius 3 is 2.79 bits per heavy atom. The number of carbonyl (C=O) groups excluding carboxylic acids is 1. The quantitative estimate of drug-likeness (QED) is 0.664. The van der Waals surface area contributed by atoms with E-state index in [1.807, 2.05) is 24.3 Å². The summed E-state index contributed by atoms with van der Waals surface area (Å²) in [5, 5.41) is 9.89. The van der Waals surface area contributed by atoms with Gasteiger partial charge in [0.15, 0.2) is 0 Å². The SMILES string of the molecule is N#Cc1cn(C(=O)c2cccnc2)c2ccccc12. The molecule has 0 aliphatic carbocycles. The molecule has 0 saturated heterocycles. The van der Waals surface area contributed by atoms with Crippen LogP contribution < -0.4 is 0 Å². The van der Waals surface area contributed by atoms with E-state index < -0.39 is 0 Å². The van der Waals surface area contributed by atoms with Gasteiger partial charge in [-0.25, -0.2) is 0 Å². The summed E-state index contributed by atoms with van der Waals surface area (Å²) in [5.74, 6) is -0.189. The molecule has 0 atom stereocenters. The van der Waals surface area contributed by atoms with Crippen molar-refractivity contribution in [3.63, 3.8) is 0 Å². The predicted octanol–water partition coefficient (Wildman–Crippen LogP) is 2.60. The Morgan fingerprint density at radius 2 is 2.05 bits per heavy atom. The molecule has 0 radical (unpaired) electrons. The first-order valence-corrected chi connectivity index (χ1v) is 5.76. The third-order valence-electron chi connectivity index (χ3n) is 2.96. The van der Waals surface area contributed by atoms with Crippen molar-refractivity contribution in [2.24, 2.45) is 0 Å². The van der Waals surface area contributed by atoms with Crippen LogP contribution in [-0.4, -0.2) is 15.5 Å². The Labute approximate surface area is 109 Å². The number of rotatable bonds is 1. The number of nitriles is 1. The fraction of sp³-hybridized carbons (Fsp3) is 0. The number of hydrogen-bond donors (Lipinski definition) is 0. The van der Waals surface area contributed by atoms with Gasteiger partial charge in [-0.3, -0.25) is 14.3 Å². The van der Waals surface area contributed by atoms with Crippen molar-refractivity contribution in [3.05, 3.63) is 66.1 Å². The number of carbonyl (C=O) groups is 1. The largest absolute Gasteiger partial charge is 0.282 e. The van der Waals surface area contributed by atoms with Gasteiger partial charge in [0.2, 0.25) is 0 Å². The molecule has 3 rings (SSSR count). The molecule has 0 spiro atoms. The molecule has 0 N–H and O–H groups in total. The molecule has 0 saturated carbocycles. The van der Waals surface area contributed by atoms with Crippen molar-refractivity contribution in [2.75, 3.05) is 0 Å². The molecule has 0 unspecified atom stereocenters. The Morgan fingerprint density at radius 1 is 1.21 bits per heavy atom. The maximum absolute atomic E-state index is 12.4. The van der Waals surface area contributed by atoms with Gasteiger partial charge in [-0.15, -0.1) is 0 Å². The zero-order valence-electron chi connectivity index (χ0n) is 9.95. The molecule has 0 fully saturated rings. The van der Waals surface area contributed by atoms with Crippen LogP contribution in [0.25, 0.3) is 10.9 Å². The van der Waals surface area contributed by atoms with Gasteiger partial charge in [-0.2, -0.15) is 5.26 Å². The van der Waals surface area contributed by atoms with Gasteiger partial charge in [-0.05, 0) is 18.2 Å². The molecular formula is C15H9N3O. The number of nitrogens with zero attached hydrogens (tertiary/aromatic N) is 3. The van der Waals surface area contributed by atoms with E-state index in [1.54, 1.807) is 24.5 Å². The maximum atomic E-state index is 12.4. The lowest BCUT2D eigenvalue weighted by atomic mass is 10.2. The fourth-order valence-electron chi connectivity index (χ4n) is 2.07. The number of hydrogen-bond acceptors (Lipinski definition) is 3. The molecule has 2 heterocycles. The Kier molecular flexibility index (Phi) is 2.58. The Balaban J connectivity index is 2.22. The van der Waals surface area contributed by atoms with E-state index in [4.69, 9.17) is 5.26 Å². The first-order chi connectivity index (χ1) is 9.31. The van der Waals surface area contributed by atoms with Crippen LogP contribution in [0, 0.1) is 11.3 Å². The molecule has 2 aromatic heterocycles. The van der Waals surface area contributed by atoms with Gasteiger partial charge in [-0.1, -0.05) is 18.2 Å². The van der Waals surface area contributed by atoms with Gasteiger partial charge in [0.25, 0.3) is 5.91 Å². The molecule has 0 bridgehead atoms. The highest BCUT2D eigenvalue weighted by Crippen LogP contribution is 2.21. The average molecular weight is 247 g/mol. The normalized spacial score (nSPS) is 10.3. The minimum absolute atomic E-state index is 0.189. The topological polar surface area (TPSA) is 58.7 Å². The van der Waals surface area contributed by atoms with Crippen molar-refractivity contribution >= 4 is 16.8 Å². The van der Waals surface area contributed by atoms with Gasteiger partial charge in [0.1, 0.15) is 6.07 Å². The van der Waals surface area contributed by atoms with E-state index in [2.05, 4.69) is 11.1 Å². The smallest absolute Gasteiger partial charge is 0.263 e. The average Bonchev–Trinajstić information content (AvgIpc) is 2.86. The van der Waals surface area contributed by atoms with Crippen LogP contribution in [-0.2, 0) is 0 Å². The van der Waals surface area contributed by atoms with Crippen LogP contribution in [0.1, 0.15) is 15.9 Å². The lowest BCUT2D eigenvalue weighted by Gasteiger charge is -2.03. The Hall–Kier alpha value is -2.93. The summed E-state index contributed by atoms with van der Waals surface area (Å²) in [4.78, 5) is 16.3. The zero-order chi connectivity index (χ0) is 13.2. The van der Waals surface area contributed by atoms with Gasteiger partial charge in [0.05, 0.1) is 16.6 Å². The molecular weight excluding hydrogens is 238 g/mol. The lowest BCUT2D eigenvalue weighted by molar-refractivity contribution is 0.0964. The van der Waals surface area contributed by atoms with Gasteiger partial charge in [0, 0.05) is 24.0 Å². The highest BCUT2D eigenvalue weighted by atomic mass is 16.2. The van der Waals surface area contributed by atoms with Crippen LogP contribution in [0.2, 0.25) is 0 Å². The minimum atomic E-state index is -0.189. The predicted molar refractivity (Wildman–Crippen MR) is 70.6 cm³/mol. The van der Waals surface area contributed by atoms with Crippen molar-refractivity contribution in [1.82, 2.24) is 9.55 Å². The molecule has 4 nitrogen and oxygen atoms in total. The molecule has 4 heteroatoms. The standard InChI is InChI=1S/C15H9N3O/c16-8-12-10-18(14-6-2-1-5-13(12)14)15(19)11-4-3-7-17-9-11/h1-7,9-10H. The van der Waals surface area contributed by atoms with Crippen molar-refractivity contribution in [1.29, 1.82) is 5.26 Å². The molecule has 0 aliphatic rings. The first kappa shape index (κ1) is 11.2. The summed E-state index contributed by atoms with van der Waals surface area (Å²) in [6, 6.07) is 12.9. The third kappa shape index (κ3) is 1.78. The Bertz CT molecular complexity index is 797. The molecule has 3 aromatic rings. The van der Waals surface area contributed by atoms with Crippen molar-refractivity contribution in [3.8, 4) is 6.07 Å². The van der Waals surface area contributed by atoms with E-state index >= 15 is 0 Å². The number of para-hydroxylation sites is 1. The molecule has 0 amide bonds. The van der Waals surface area contributed by atoms with Gasteiger partial charge < -0.3 is 0 Å². The number of aromatic nitrogens is 2. The summed E-state index contributed by atoms with van der Waals surface area (Å²) in [5.41, 5.74) is 1.72. The summed E-state index contributed by atoms with van der Waals surface area (Å²) in [6.07, 6.45) is 4.70. The fourth-order valence-corrected chi connectivity index (χ4v) is 2.07. The molecule has 1 aromatic carbocycles. The second-order valence-electron chi connectivity index (χ2n) is 4.09. The molecule has 0 aliphatic heterocycles. The minimum Gasteiger partial charge on any atom is -0.282 e. The maximum Gasteiger partial charge on any atom is 0.263 e. The van der Waals surface area contributed by atoms with Crippen LogP contribution in [0.3, 0.4) is 0 Å². The van der Waals surface area contributed by atoms with Crippen LogP contribution >= 0.6 is 0 Å². The number of fused-ring (bicyclic) bond motifs is 1. The van der Waals surface area contributed by atoms with E-state index in [9.17, 15) is 4.79 Å². The summed E-state index contributed by atoms with van der Waals surface area (Å²) in [7, 11) is 0. The van der Waals surface area contributed by atoms with E-state index in [0.717, 1.165) is 10.9 Å². The monoisotopic (exact) mass is 247 g/mol. The highest BCUT2D eigenvalue weighted by molar-refractivity contribution is 6.03. The second kappa shape index (κ2) is 4.39. The third-order valence-corrected chi connectivity index (χ3v) is 2.96. The summed E-state index contributed by atoms with van der Waals surface area (Å²) >= 11 is 0. The number of benzene rings is 1. The number of pyridine rings is 1. The first-order valence-electron chi connectivity index (χ1n) is 5.76. The van der Waals surface area contributed by atoms with E-state index in [0.29, 0.717) is 11.1 Å². The lowest BCUT2D eigenvalue weighted by Crippen LogP contribution is -2.10. The second-order valence-corrected chi connectivity index (χ2v) is 4.09. The zero-order valence-corrected chi connectivity index (χ0v) is 9.95. The summed E-state index contributed by atoms with van der Waals surface area (Å²) < 4.78 is 1.49.